The van der Waals surface area contributed by atoms with E-state index in [-0.39, 0.29) is 12.0 Å². The zero-order chi connectivity index (χ0) is 21.4. The van der Waals surface area contributed by atoms with Crippen molar-refractivity contribution in [2.45, 2.75) is 39.2 Å². The van der Waals surface area contributed by atoms with Crippen LogP contribution in [0.4, 0.5) is 0 Å². The van der Waals surface area contributed by atoms with Crippen molar-refractivity contribution in [3.8, 4) is 17.6 Å². The molecule has 0 bridgehead atoms. The third kappa shape index (κ3) is 6.54. The Morgan fingerprint density at radius 3 is 2.34 bits per heavy atom. The van der Waals surface area contributed by atoms with E-state index in [9.17, 15) is 9.59 Å². The molecule has 0 saturated heterocycles. The molecule has 0 fully saturated rings. The van der Waals surface area contributed by atoms with Gasteiger partial charge in [0.1, 0.15) is 17.6 Å². The van der Waals surface area contributed by atoms with Gasteiger partial charge >= 0.3 is 0 Å². The molecule has 0 aliphatic rings. The first-order chi connectivity index (χ1) is 13.7. The van der Waals surface area contributed by atoms with E-state index in [4.69, 9.17) is 14.7 Å². The van der Waals surface area contributed by atoms with Gasteiger partial charge in [-0.15, -0.1) is 0 Å². The van der Waals surface area contributed by atoms with Crippen molar-refractivity contribution >= 4 is 11.8 Å². The van der Waals surface area contributed by atoms with Crippen molar-refractivity contribution in [3.63, 3.8) is 0 Å². The topological polar surface area (TPSA) is 100 Å². The summed E-state index contributed by atoms with van der Waals surface area (Å²) in [5.74, 6) is -0.209. The standard InChI is InChI=1S/C22H25N3O4/c1-15(29-18-11-9-17(10-12-18)22(2,3)4)21(27)25-24-20(26)14-28-19-8-6-5-7-16(19)13-23/h5-12,15H,14H2,1-4H3,(H,24,26)(H,25,27)/t15-/m1/s1. The van der Waals surface area contributed by atoms with Crippen LogP contribution < -0.4 is 20.3 Å². The average Bonchev–Trinajstić information content (AvgIpc) is 2.70. The largest absolute Gasteiger partial charge is 0.482 e. The predicted octanol–water partition coefficient (Wildman–Crippen LogP) is 2.85. The summed E-state index contributed by atoms with van der Waals surface area (Å²) in [7, 11) is 0. The quantitative estimate of drug-likeness (QED) is 0.733. The maximum Gasteiger partial charge on any atom is 0.279 e. The summed E-state index contributed by atoms with van der Waals surface area (Å²) in [5.41, 5.74) is 6.07. The molecule has 0 radical (unpaired) electrons. The van der Waals surface area contributed by atoms with Crippen molar-refractivity contribution in [3.05, 3.63) is 59.7 Å². The van der Waals surface area contributed by atoms with Gasteiger partial charge in [-0.2, -0.15) is 5.26 Å². The second kappa shape index (κ2) is 9.60. The fourth-order valence-corrected chi connectivity index (χ4v) is 2.39. The minimum absolute atomic E-state index is 0.0294. The van der Waals surface area contributed by atoms with Crippen LogP contribution in [0.15, 0.2) is 48.5 Å². The number of ether oxygens (including phenoxy) is 2. The number of hydrogen-bond acceptors (Lipinski definition) is 5. The van der Waals surface area contributed by atoms with E-state index in [1.165, 1.54) is 0 Å². The Bertz CT molecular complexity index is 896. The number of benzene rings is 2. The Morgan fingerprint density at radius 2 is 1.72 bits per heavy atom. The van der Waals surface area contributed by atoms with Gasteiger partial charge in [0.25, 0.3) is 11.8 Å². The Labute approximate surface area is 170 Å². The lowest BCUT2D eigenvalue weighted by Crippen LogP contribution is -2.48. The molecule has 7 heteroatoms. The zero-order valence-corrected chi connectivity index (χ0v) is 17.0. The fourth-order valence-electron chi connectivity index (χ4n) is 2.39. The number of nitriles is 1. The molecular weight excluding hydrogens is 370 g/mol. The monoisotopic (exact) mass is 395 g/mol. The molecule has 2 rings (SSSR count). The molecule has 0 aromatic heterocycles. The highest BCUT2D eigenvalue weighted by atomic mass is 16.5. The summed E-state index contributed by atoms with van der Waals surface area (Å²) in [4.78, 5) is 24.0. The number of nitrogens with zero attached hydrogens (tertiary/aromatic N) is 1. The van der Waals surface area contributed by atoms with Crippen LogP contribution in [0.2, 0.25) is 0 Å². The molecule has 0 aliphatic carbocycles. The minimum atomic E-state index is -0.809. The lowest BCUT2D eigenvalue weighted by Gasteiger charge is -2.20. The minimum Gasteiger partial charge on any atom is -0.482 e. The third-order valence-corrected chi connectivity index (χ3v) is 4.09. The first kappa shape index (κ1) is 21.8. The molecular formula is C22H25N3O4. The van der Waals surface area contributed by atoms with Crippen molar-refractivity contribution in [1.82, 2.24) is 10.9 Å². The van der Waals surface area contributed by atoms with Crippen LogP contribution in [0.5, 0.6) is 11.5 Å². The van der Waals surface area contributed by atoms with Gasteiger partial charge in [0.05, 0.1) is 5.56 Å². The lowest BCUT2D eigenvalue weighted by atomic mass is 9.87. The molecule has 1 atom stereocenters. The average molecular weight is 395 g/mol. The molecule has 29 heavy (non-hydrogen) atoms. The number of nitrogens with one attached hydrogen (secondary N) is 2. The molecule has 2 aromatic carbocycles. The highest BCUT2D eigenvalue weighted by Gasteiger charge is 2.17. The van der Waals surface area contributed by atoms with Crippen molar-refractivity contribution in [1.29, 1.82) is 5.26 Å². The molecule has 0 aliphatic heterocycles. The number of carbonyl (C=O) groups is 2. The Balaban J connectivity index is 1.79. The number of para-hydroxylation sites is 1. The normalized spacial score (nSPS) is 11.7. The van der Waals surface area contributed by atoms with E-state index >= 15 is 0 Å². The van der Waals surface area contributed by atoms with Crippen LogP contribution in [0, 0.1) is 11.3 Å². The molecule has 0 unspecified atom stereocenters. The molecule has 0 saturated carbocycles. The van der Waals surface area contributed by atoms with Gasteiger partial charge in [-0.05, 0) is 42.2 Å². The Hall–Kier alpha value is -3.53. The Morgan fingerprint density at radius 1 is 1.07 bits per heavy atom. The van der Waals surface area contributed by atoms with Crippen LogP contribution in [0.25, 0.3) is 0 Å². The van der Waals surface area contributed by atoms with Crippen LogP contribution in [0.1, 0.15) is 38.8 Å². The van der Waals surface area contributed by atoms with Crippen molar-refractivity contribution in [2.75, 3.05) is 6.61 Å². The SMILES string of the molecule is C[C@@H](Oc1ccc(C(C)(C)C)cc1)C(=O)NNC(=O)COc1ccccc1C#N. The van der Waals surface area contributed by atoms with E-state index in [2.05, 4.69) is 31.6 Å². The third-order valence-electron chi connectivity index (χ3n) is 4.09. The Kier molecular flexibility index (Phi) is 7.21. The summed E-state index contributed by atoms with van der Waals surface area (Å²) in [5, 5.41) is 9.00. The highest BCUT2D eigenvalue weighted by molar-refractivity contribution is 5.85. The van der Waals surface area contributed by atoms with E-state index < -0.39 is 17.9 Å². The van der Waals surface area contributed by atoms with Crippen LogP contribution in [-0.4, -0.2) is 24.5 Å². The van der Waals surface area contributed by atoms with Gasteiger partial charge in [-0.25, -0.2) is 0 Å². The number of carbonyl (C=O) groups excluding carboxylic acids is 2. The lowest BCUT2D eigenvalue weighted by molar-refractivity contribution is -0.133. The van der Waals surface area contributed by atoms with Gasteiger partial charge in [-0.3, -0.25) is 20.4 Å². The fraction of sp³-hybridized carbons (Fsp3) is 0.318. The first-order valence-corrected chi connectivity index (χ1v) is 9.18. The van der Waals surface area contributed by atoms with E-state index in [0.29, 0.717) is 17.1 Å². The van der Waals surface area contributed by atoms with Gasteiger partial charge in [0.15, 0.2) is 12.7 Å². The summed E-state index contributed by atoms with van der Waals surface area (Å²) < 4.78 is 10.9. The van der Waals surface area contributed by atoms with E-state index in [0.717, 1.165) is 5.56 Å². The maximum absolute atomic E-state index is 12.1. The van der Waals surface area contributed by atoms with E-state index in [1.807, 2.05) is 30.3 Å². The smallest absolute Gasteiger partial charge is 0.279 e. The van der Waals surface area contributed by atoms with Gasteiger partial charge in [-0.1, -0.05) is 45.0 Å². The maximum atomic E-state index is 12.1. The predicted molar refractivity (Wildman–Crippen MR) is 108 cm³/mol. The van der Waals surface area contributed by atoms with Gasteiger partial charge in [0, 0.05) is 0 Å². The summed E-state index contributed by atoms with van der Waals surface area (Å²) >= 11 is 0. The summed E-state index contributed by atoms with van der Waals surface area (Å²) in [6.45, 7) is 7.58. The van der Waals surface area contributed by atoms with Crippen LogP contribution >= 0.6 is 0 Å². The van der Waals surface area contributed by atoms with Crippen molar-refractivity contribution < 1.29 is 19.1 Å². The van der Waals surface area contributed by atoms with E-state index in [1.54, 1.807) is 31.2 Å². The molecule has 2 N–H and O–H groups in total. The first-order valence-electron chi connectivity index (χ1n) is 9.18. The van der Waals surface area contributed by atoms with Crippen LogP contribution in [0.3, 0.4) is 0 Å². The molecule has 2 amide bonds. The summed E-state index contributed by atoms with van der Waals surface area (Å²) in [6.07, 6.45) is -0.809. The molecule has 0 heterocycles. The number of amides is 2. The zero-order valence-electron chi connectivity index (χ0n) is 17.0. The number of rotatable bonds is 6. The van der Waals surface area contributed by atoms with Gasteiger partial charge in [0.2, 0.25) is 0 Å². The molecule has 2 aromatic rings. The van der Waals surface area contributed by atoms with Gasteiger partial charge < -0.3 is 9.47 Å². The second-order valence-electron chi connectivity index (χ2n) is 7.47. The van der Waals surface area contributed by atoms with Crippen molar-refractivity contribution in [2.24, 2.45) is 0 Å². The highest BCUT2D eigenvalue weighted by Crippen LogP contribution is 2.24. The molecule has 0 spiro atoms. The second-order valence-corrected chi connectivity index (χ2v) is 7.47. The summed E-state index contributed by atoms with van der Waals surface area (Å²) in [6, 6.07) is 16.1. The molecule has 7 nitrogen and oxygen atoms in total. The number of hydrogen-bond donors (Lipinski definition) is 2. The van der Waals surface area contributed by atoms with Crippen LogP contribution in [-0.2, 0) is 15.0 Å². The molecule has 152 valence electrons. The number of hydrazine groups is 1.